The van der Waals surface area contributed by atoms with E-state index in [1.165, 1.54) is 11.8 Å². The second-order valence-electron chi connectivity index (χ2n) is 10.5. The van der Waals surface area contributed by atoms with Crippen LogP contribution in [0.1, 0.15) is 33.7 Å². The lowest BCUT2D eigenvalue weighted by Crippen LogP contribution is -2.30. The average Bonchev–Trinajstić information content (AvgIpc) is 3.12. The maximum Gasteiger partial charge on any atom is 0.272 e. The molecule has 0 aliphatic rings. The Balaban J connectivity index is 1.37. The number of ether oxygens (including phenoxy) is 2. The maximum absolute atomic E-state index is 13.7. The molecule has 5 rings (SSSR count). The lowest BCUT2D eigenvalue weighted by atomic mass is 10.1. The van der Waals surface area contributed by atoms with Gasteiger partial charge in [-0.15, -0.1) is 11.8 Å². The fourth-order valence-corrected chi connectivity index (χ4v) is 5.81. The Morgan fingerprint density at radius 2 is 1.40 bits per heavy atom. The summed E-state index contributed by atoms with van der Waals surface area (Å²) in [5.41, 5.74) is 3.12. The molecule has 3 N–H and O–H groups in total. The van der Waals surface area contributed by atoms with Crippen molar-refractivity contribution in [2.45, 2.75) is 17.1 Å². The van der Waals surface area contributed by atoms with Crippen LogP contribution in [-0.4, -0.2) is 31.4 Å². The summed E-state index contributed by atoms with van der Waals surface area (Å²) in [7, 11) is 1.57. The van der Waals surface area contributed by atoms with Gasteiger partial charge in [0.25, 0.3) is 11.8 Å². The van der Waals surface area contributed by atoms with Crippen LogP contribution in [0, 0.1) is 0 Å². The summed E-state index contributed by atoms with van der Waals surface area (Å²) < 4.78 is 10.8. The molecule has 0 fully saturated rings. The number of nitrogens with one attached hydrogen (secondary N) is 3. The van der Waals surface area contributed by atoms with Crippen molar-refractivity contribution in [1.82, 2.24) is 5.32 Å². The van der Waals surface area contributed by atoms with Gasteiger partial charge < -0.3 is 25.4 Å². The number of anilines is 2. The Kier molecular flexibility index (Phi) is 11.7. The minimum Gasteiger partial charge on any atom is -0.497 e. The number of carbonyl (C=O) groups excluding carboxylic acids is 3. The van der Waals surface area contributed by atoms with Crippen molar-refractivity contribution in [2.75, 3.05) is 24.4 Å². The number of benzene rings is 5. The topological polar surface area (TPSA) is 106 Å². The van der Waals surface area contributed by atoms with Crippen LogP contribution in [0.15, 0.2) is 144 Å². The smallest absolute Gasteiger partial charge is 0.272 e. The first-order valence-corrected chi connectivity index (χ1v) is 16.2. The molecule has 0 heterocycles. The highest BCUT2D eigenvalue weighted by molar-refractivity contribution is 8.00. The van der Waals surface area contributed by atoms with Crippen molar-refractivity contribution >= 4 is 46.9 Å². The molecular weight excluding hydrogens is 623 g/mol. The molecule has 5 aromatic carbocycles. The molecule has 1 unspecified atom stereocenters. The first kappa shape index (κ1) is 33.6. The largest absolute Gasteiger partial charge is 0.497 e. The van der Waals surface area contributed by atoms with Crippen LogP contribution < -0.4 is 25.4 Å². The van der Waals surface area contributed by atoms with Crippen molar-refractivity contribution in [3.63, 3.8) is 0 Å². The molecule has 0 aliphatic carbocycles. The van der Waals surface area contributed by atoms with E-state index in [1.54, 1.807) is 79.9 Å². The highest BCUT2D eigenvalue weighted by Gasteiger charge is 2.23. The maximum atomic E-state index is 13.7. The molecule has 48 heavy (non-hydrogen) atoms. The van der Waals surface area contributed by atoms with E-state index >= 15 is 0 Å². The van der Waals surface area contributed by atoms with Gasteiger partial charge in [0.1, 0.15) is 22.4 Å². The van der Waals surface area contributed by atoms with Crippen molar-refractivity contribution in [3.05, 3.63) is 156 Å². The number of carbonyl (C=O) groups is 3. The zero-order valence-corrected chi connectivity index (χ0v) is 27.3. The van der Waals surface area contributed by atoms with E-state index in [0.717, 1.165) is 10.5 Å². The third-order valence-corrected chi connectivity index (χ3v) is 8.30. The second-order valence-corrected chi connectivity index (χ2v) is 11.7. The van der Waals surface area contributed by atoms with Crippen molar-refractivity contribution in [1.29, 1.82) is 0 Å². The first-order chi connectivity index (χ1) is 23.4. The number of hydrogen-bond acceptors (Lipinski definition) is 6. The van der Waals surface area contributed by atoms with E-state index in [1.807, 2.05) is 73.7 Å². The summed E-state index contributed by atoms with van der Waals surface area (Å²) in [5.74, 6) is 0.203. The summed E-state index contributed by atoms with van der Waals surface area (Å²) in [4.78, 5) is 41.1. The van der Waals surface area contributed by atoms with Gasteiger partial charge in [-0.05, 0) is 78.7 Å². The molecule has 3 amide bonds. The van der Waals surface area contributed by atoms with E-state index in [4.69, 9.17) is 9.47 Å². The van der Waals surface area contributed by atoms with Crippen molar-refractivity contribution in [3.8, 4) is 11.5 Å². The molecule has 1 atom stereocenters. The van der Waals surface area contributed by atoms with Crippen LogP contribution in [0.4, 0.5) is 11.4 Å². The average molecular weight is 658 g/mol. The summed E-state index contributed by atoms with van der Waals surface area (Å²) in [6, 6.07) is 39.8. The molecular formula is C39H35N3O5S. The molecule has 5 aromatic rings. The number of hydrogen-bond donors (Lipinski definition) is 3. The Hall–Kier alpha value is -5.80. The third kappa shape index (κ3) is 9.37. The molecule has 0 saturated heterocycles. The Bertz CT molecular complexity index is 1880. The third-order valence-electron chi connectivity index (χ3n) is 7.05. The lowest BCUT2D eigenvalue weighted by molar-refractivity contribution is -0.116. The molecule has 242 valence electrons. The van der Waals surface area contributed by atoms with Crippen molar-refractivity contribution in [2.24, 2.45) is 0 Å². The number of amides is 3. The van der Waals surface area contributed by atoms with Gasteiger partial charge in [0.2, 0.25) is 5.91 Å². The minimum absolute atomic E-state index is 0.0610. The number of thioether (sulfide) groups is 1. The summed E-state index contributed by atoms with van der Waals surface area (Å²) in [6.45, 7) is 2.44. The van der Waals surface area contributed by atoms with Gasteiger partial charge in [-0.1, -0.05) is 72.8 Å². The van der Waals surface area contributed by atoms with Gasteiger partial charge in [-0.3, -0.25) is 14.4 Å². The predicted octanol–water partition coefficient (Wildman–Crippen LogP) is 7.98. The molecule has 9 heteroatoms. The van der Waals surface area contributed by atoms with Gasteiger partial charge in [-0.25, -0.2) is 0 Å². The zero-order valence-electron chi connectivity index (χ0n) is 26.5. The van der Waals surface area contributed by atoms with E-state index in [0.29, 0.717) is 40.6 Å². The van der Waals surface area contributed by atoms with Crippen molar-refractivity contribution < 1.29 is 23.9 Å². The van der Waals surface area contributed by atoms with Crippen LogP contribution in [0.3, 0.4) is 0 Å². The van der Waals surface area contributed by atoms with Crippen LogP contribution in [0.2, 0.25) is 0 Å². The Morgan fingerprint density at radius 3 is 2.08 bits per heavy atom. The molecule has 0 saturated carbocycles. The van der Waals surface area contributed by atoms with Gasteiger partial charge in [0.05, 0.1) is 13.7 Å². The first-order valence-electron chi connectivity index (χ1n) is 15.3. The molecule has 0 aliphatic heterocycles. The molecule has 0 bridgehead atoms. The highest BCUT2D eigenvalue weighted by atomic mass is 32.2. The van der Waals surface area contributed by atoms with Gasteiger partial charge >= 0.3 is 0 Å². The molecule has 0 radical (unpaired) electrons. The molecule has 0 aromatic heterocycles. The van der Waals surface area contributed by atoms with Gasteiger partial charge in [0.15, 0.2) is 0 Å². The Labute approximate surface area is 284 Å². The van der Waals surface area contributed by atoms with E-state index < -0.39 is 17.1 Å². The summed E-state index contributed by atoms with van der Waals surface area (Å²) >= 11 is 1.35. The highest BCUT2D eigenvalue weighted by Crippen LogP contribution is 2.37. The standard InChI is InChI=1S/C39H35N3O5S/c1-3-47-32-22-20-27(21-23-32)24-35(42-37(43)29-14-8-5-9-15-29)38(44)40-31-17-11-19-34(26-31)48-36(28-12-6-4-7-13-28)39(45)41-30-16-10-18-33(25-30)46-2/h4-26,36H,3H2,1-2H3,(H,40,44)(H,41,45)(H,42,43)/b35-24+. The summed E-state index contributed by atoms with van der Waals surface area (Å²) in [5, 5.41) is 8.08. The van der Waals surface area contributed by atoms with Crippen LogP contribution >= 0.6 is 11.8 Å². The Morgan fingerprint density at radius 1 is 0.729 bits per heavy atom. The van der Waals surface area contributed by atoms with E-state index in [9.17, 15) is 14.4 Å². The molecule has 8 nitrogen and oxygen atoms in total. The second kappa shape index (κ2) is 16.7. The van der Waals surface area contributed by atoms with E-state index in [-0.39, 0.29) is 11.6 Å². The fourth-order valence-electron chi connectivity index (χ4n) is 4.73. The van der Waals surface area contributed by atoms with Crippen LogP contribution in [0.5, 0.6) is 11.5 Å². The number of methoxy groups -OCH3 is 1. The van der Waals surface area contributed by atoms with Gasteiger partial charge in [-0.2, -0.15) is 0 Å². The lowest BCUT2D eigenvalue weighted by Gasteiger charge is -2.18. The minimum atomic E-state index is -0.594. The normalized spacial score (nSPS) is 11.6. The fraction of sp³-hybridized carbons (Fsp3) is 0.103. The SMILES string of the molecule is CCOc1ccc(/C=C(/NC(=O)c2ccccc2)C(=O)Nc2cccc(SC(C(=O)Nc3cccc(OC)c3)c3ccccc3)c2)cc1. The molecule has 0 spiro atoms. The summed E-state index contributed by atoms with van der Waals surface area (Å²) in [6.07, 6.45) is 1.61. The predicted molar refractivity (Wildman–Crippen MR) is 191 cm³/mol. The number of rotatable bonds is 13. The quantitative estimate of drug-likeness (QED) is 0.0876. The monoisotopic (exact) mass is 657 g/mol. The van der Waals surface area contributed by atoms with Crippen LogP contribution in [-0.2, 0) is 9.59 Å². The van der Waals surface area contributed by atoms with Gasteiger partial charge in [0, 0.05) is 27.9 Å². The van der Waals surface area contributed by atoms with Crippen LogP contribution in [0.25, 0.3) is 6.08 Å². The zero-order chi connectivity index (χ0) is 33.7. The van der Waals surface area contributed by atoms with E-state index in [2.05, 4.69) is 16.0 Å².